The highest BCUT2D eigenvalue weighted by molar-refractivity contribution is 5.80. The minimum Gasteiger partial charge on any atom is -0.459 e. The van der Waals surface area contributed by atoms with Gasteiger partial charge in [-0.15, -0.1) is 0 Å². The third-order valence-electron chi connectivity index (χ3n) is 5.88. The Hall–Kier alpha value is -3.15. The molecule has 1 aliphatic rings. The second-order valence-corrected chi connectivity index (χ2v) is 8.19. The highest BCUT2D eigenvalue weighted by atomic mass is 19.1. The Morgan fingerprint density at radius 3 is 3.00 bits per heavy atom. The molecule has 0 bridgehead atoms. The van der Waals surface area contributed by atoms with Gasteiger partial charge in [0.05, 0.1) is 17.1 Å². The SMILES string of the molecule is CCC[C@@H](NC(=O)C[C@@H]1C[C@@H]1c1nc2ccccc2[nH]1)c1cc2cc(F)ccc2o1. The number of rotatable bonds is 7. The normalized spacial score (nSPS) is 19.3. The molecule has 1 fully saturated rings. The van der Waals surface area contributed by atoms with Crippen LogP contribution in [0.4, 0.5) is 4.39 Å². The van der Waals surface area contributed by atoms with Crippen LogP contribution in [-0.2, 0) is 4.79 Å². The Balaban J connectivity index is 1.25. The quantitative estimate of drug-likeness (QED) is 0.420. The Morgan fingerprint density at radius 1 is 1.30 bits per heavy atom. The topological polar surface area (TPSA) is 70.9 Å². The fourth-order valence-electron chi connectivity index (χ4n) is 4.23. The first-order valence-corrected chi connectivity index (χ1v) is 10.5. The van der Waals surface area contributed by atoms with Crippen LogP contribution in [0, 0.1) is 11.7 Å². The molecule has 4 aromatic rings. The molecule has 0 saturated heterocycles. The van der Waals surface area contributed by atoms with Gasteiger partial charge in [-0.1, -0.05) is 25.5 Å². The largest absolute Gasteiger partial charge is 0.459 e. The van der Waals surface area contributed by atoms with E-state index >= 15 is 0 Å². The molecule has 30 heavy (non-hydrogen) atoms. The van der Waals surface area contributed by atoms with Crippen LogP contribution in [0.3, 0.4) is 0 Å². The first kappa shape index (κ1) is 18.9. The van der Waals surface area contributed by atoms with E-state index in [2.05, 4.69) is 22.2 Å². The minimum absolute atomic E-state index is 0.0173. The van der Waals surface area contributed by atoms with Crippen LogP contribution in [0.15, 0.2) is 52.9 Å². The van der Waals surface area contributed by atoms with Gasteiger partial charge in [-0.05, 0) is 55.2 Å². The van der Waals surface area contributed by atoms with E-state index in [1.807, 2.05) is 30.3 Å². The van der Waals surface area contributed by atoms with E-state index in [-0.39, 0.29) is 17.8 Å². The summed E-state index contributed by atoms with van der Waals surface area (Å²) < 4.78 is 19.4. The van der Waals surface area contributed by atoms with Gasteiger partial charge >= 0.3 is 0 Å². The number of nitrogens with one attached hydrogen (secondary N) is 2. The molecule has 2 heterocycles. The minimum atomic E-state index is -0.295. The summed E-state index contributed by atoms with van der Waals surface area (Å²) in [7, 11) is 0. The van der Waals surface area contributed by atoms with Gasteiger partial charge in [-0.3, -0.25) is 4.79 Å². The number of carbonyl (C=O) groups is 1. The number of H-pyrrole nitrogens is 1. The summed E-state index contributed by atoms with van der Waals surface area (Å²) >= 11 is 0. The maximum atomic E-state index is 13.5. The van der Waals surface area contributed by atoms with Gasteiger partial charge in [0.25, 0.3) is 0 Å². The Labute approximate surface area is 173 Å². The molecule has 2 aromatic carbocycles. The Kier molecular flexibility index (Phi) is 4.77. The van der Waals surface area contributed by atoms with Crippen molar-refractivity contribution in [1.82, 2.24) is 15.3 Å². The summed E-state index contributed by atoms with van der Waals surface area (Å²) in [5.41, 5.74) is 2.63. The molecule has 0 radical (unpaired) electrons. The number of hydrogen-bond donors (Lipinski definition) is 2. The zero-order valence-corrected chi connectivity index (χ0v) is 16.8. The van der Waals surface area contributed by atoms with Gasteiger partial charge in [0.2, 0.25) is 5.91 Å². The molecule has 1 amide bonds. The average Bonchev–Trinajstić information content (AvgIpc) is 3.17. The molecule has 2 aromatic heterocycles. The van der Waals surface area contributed by atoms with Crippen LogP contribution in [0.2, 0.25) is 0 Å². The number of fused-ring (bicyclic) bond motifs is 2. The number of para-hydroxylation sites is 2. The van der Waals surface area contributed by atoms with Crippen LogP contribution in [-0.4, -0.2) is 15.9 Å². The summed E-state index contributed by atoms with van der Waals surface area (Å²) in [5.74, 6) is 1.98. The van der Waals surface area contributed by atoms with Crippen LogP contribution >= 0.6 is 0 Å². The number of hydrogen-bond acceptors (Lipinski definition) is 3. The van der Waals surface area contributed by atoms with Crippen LogP contribution < -0.4 is 5.32 Å². The van der Waals surface area contributed by atoms with Crippen molar-refractivity contribution >= 4 is 27.9 Å². The van der Waals surface area contributed by atoms with Crippen molar-refractivity contribution in [3.8, 4) is 0 Å². The van der Waals surface area contributed by atoms with Gasteiger partial charge < -0.3 is 14.7 Å². The molecule has 0 aliphatic heterocycles. The van der Waals surface area contributed by atoms with E-state index in [0.29, 0.717) is 35.0 Å². The van der Waals surface area contributed by atoms with Crippen LogP contribution in [0.5, 0.6) is 0 Å². The van der Waals surface area contributed by atoms with Crippen LogP contribution in [0.1, 0.15) is 56.2 Å². The summed E-state index contributed by atoms with van der Waals surface area (Å²) in [6.45, 7) is 2.07. The molecule has 1 saturated carbocycles. The summed E-state index contributed by atoms with van der Waals surface area (Å²) in [6, 6.07) is 14.1. The molecule has 5 nitrogen and oxygen atoms in total. The van der Waals surface area contributed by atoms with Gasteiger partial charge in [0.15, 0.2) is 0 Å². The zero-order chi connectivity index (χ0) is 20.7. The van der Waals surface area contributed by atoms with Gasteiger partial charge in [-0.2, -0.15) is 0 Å². The molecule has 0 unspecified atom stereocenters. The second kappa shape index (κ2) is 7.59. The number of aromatic nitrogens is 2. The summed E-state index contributed by atoms with van der Waals surface area (Å²) in [5, 5.41) is 3.84. The van der Waals surface area contributed by atoms with Crippen molar-refractivity contribution in [3.05, 3.63) is 65.9 Å². The number of amides is 1. The van der Waals surface area contributed by atoms with Gasteiger partial charge in [-0.25, -0.2) is 9.37 Å². The third kappa shape index (κ3) is 3.70. The maximum Gasteiger partial charge on any atom is 0.220 e. The predicted molar refractivity (Wildman–Crippen MR) is 114 cm³/mol. The summed E-state index contributed by atoms with van der Waals surface area (Å²) in [4.78, 5) is 20.8. The average molecular weight is 405 g/mol. The van der Waals surface area contributed by atoms with E-state index in [9.17, 15) is 9.18 Å². The number of carbonyl (C=O) groups excluding carboxylic acids is 1. The van der Waals surface area contributed by atoms with E-state index in [1.165, 1.54) is 12.1 Å². The van der Waals surface area contributed by atoms with Crippen molar-refractivity contribution in [3.63, 3.8) is 0 Å². The second-order valence-electron chi connectivity index (χ2n) is 8.19. The van der Waals surface area contributed by atoms with Crippen molar-refractivity contribution in [2.24, 2.45) is 5.92 Å². The fourth-order valence-corrected chi connectivity index (χ4v) is 4.23. The number of furan rings is 1. The van der Waals surface area contributed by atoms with E-state index in [1.54, 1.807) is 6.07 Å². The number of halogens is 1. The van der Waals surface area contributed by atoms with Crippen molar-refractivity contribution < 1.29 is 13.6 Å². The lowest BCUT2D eigenvalue weighted by Gasteiger charge is -2.15. The number of aromatic amines is 1. The standard InChI is InChI=1S/C24H24FN3O2/c1-2-5-20(22-12-15-10-16(25)8-9-21(15)30-22)26-23(29)13-14-11-17(14)24-27-18-6-3-4-7-19(18)28-24/h3-4,6-10,12,14,17,20H,2,5,11,13H2,1H3,(H,26,29)(H,27,28)/t14-,17-,20+/m0/s1. The Bertz CT molecular complexity index is 1180. The predicted octanol–water partition coefficient (Wildman–Crippen LogP) is 5.60. The number of nitrogens with zero attached hydrogens (tertiary/aromatic N) is 1. The fraction of sp³-hybridized carbons (Fsp3) is 0.333. The molecule has 1 aliphatic carbocycles. The monoisotopic (exact) mass is 405 g/mol. The lowest BCUT2D eigenvalue weighted by Crippen LogP contribution is -2.28. The lowest BCUT2D eigenvalue weighted by molar-refractivity contribution is -0.122. The molecule has 3 atom stereocenters. The smallest absolute Gasteiger partial charge is 0.220 e. The van der Waals surface area contributed by atoms with E-state index < -0.39 is 0 Å². The van der Waals surface area contributed by atoms with Crippen LogP contribution in [0.25, 0.3) is 22.0 Å². The zero-order valence-electron chi connectivity index (χ0n) is 16.8. The number of imidazole rings is 1. The van der Waals surface area contributed by atoms with Gasteiger partial charge in [0.1, 0.15) is 23.0 Å². The highest BCUT2D eigenvalue weighted by Crippen LogP contribution is 2.48. The van der Waals surface area contributed by atoms with Crippen molar-refractivity contribution in [1.29, 1.82) is 0 Å². The number of benzene rings is 2. The summed E-state index contributed by atoms with van der Waals surface area (Å²) in [6.07, 6.45) is 3.11. The molecule has 2 N–H and O–H groups in total. The Morgan fingerprint density at radius 2 is 2.17 bits per heavy atom. The maximum absolute atomic E-state index is 13.5. The van der Waals surface area contributed by atoms with E-state index in [0.717, 1.165) is 36.1 Å². The molecule has 5 rings (SSSR count). The molecule has 6 heteroatoms. The van der Waals surface area contributed by atoms with Crippen molar-refractivity contribution in [2.45, 2.75) is 44.6 Å². The van der Waals surface area contributed by atoms with E-state index in [4.69, 9.17) is 4.42 Å². The first-order chi connectivity index (χ1) is 14.6. The first-order valence-electron chi connectivity index (χ1n) is 10.5. The molecular formula is C24H24FN3O2. The van der Waals surface area contributed by atoms with Gasteiger partial charge in [0, 0.05) is 17.7 Å². The highest BCUT2D eigenvalue weighted by Gasteiger charge is 2.42. The third-order valence-corrected chi connectivity index (χ3v) is 5.88. The molecule has 0 spiro atoms. The van der Waals surface area contributed by atoms with Crippen molar-refractivity contribution in [2.75, 3.05) is 0 Å². The molecular weight excluding hydrogens is 381 g/mol. The lowest BCUT2D eigenvalue weighted by atomic mass is 10.1. The molecule has 154 valence electrons.